The molecule has 0 unspecified atom stereocenters. The summed E-state index contributed by atoms with van der Waals surface area (Å²) in [6, 6.07) is 0. The summed E-state index contributed by atoms with van der Waals surface area (Å²) < 4.78 is 34.8. The van der Waals surface area contributed by atoms with E-state index >= 15 is 0 Å². The van der Waals surface area contributed by atoms with Gasteiger partial charge in [-0.1, -0.05) is 19.8 Å². The number of unbranched alkanes of at least 4 members (excludes halogenated alkanes) is 2. The number of rotatable bonds is 6. The number of nitrogens with one attached hydrogen (secondary N) is 1. The molecule has 1 nitrogen and oxygen atoms in total. The first-order chi connectivity index (χ1) is 5.56. The van der Waals surface area contributed by atoms with Crippen molar-refractivity contribution in [1.82, 2.24) is 5.32 Å². The molecule has 0 aliphatic carbocycles. The summed E-state index contributed by atoms with van der Waals surface area (Å²) in [5, 5.41) is 2.76. The molecule has 0 saturated heterocycles. The van der Waals surface area contributed by atoms with Crippen molar-refractivity contribution < 1.29 is 13.2 Å². The highest BCUT2D eigenvalue weighted by Gasteiger charge is 2.25. The quantitative estimate of drug-likeness (QED) is 0.624. The van der Waals surface area contributed by atoms with E-state index in [1.807, 2.05) is 0 Å². The lowest BCUT2D eigenvalue weighted by Gasteiger charge is -2.06. The molecule has 0 aromatic rings. The Morgan fingerprint density at radius 2 is 1.75 bits per heavy atom. The Morgan fingerprint density at radius 1 is 1.08 bits per heavy atom. The SMILES string of the molecule is CCCCCNCCC(F)(F)F. The van der Waals surface area contributed by atoms with Crippen molar-refractivity contribution in [2.45, 2.75) is 38.8 Å². The Labute approximate surface area is 71.3 Å². The van der Waals surface area contributed by atoms with Crippen LogP contribution in [0.3, 0.4) is 0 Å². The minimum absolute atomic E-state index is 0.0488. The highest BCUT2D eigenvalue weighted by Crippen LogP contribution is 2.17. The van der Waals surface area contributed by atoms with Crippen LogP contribution in [-0.2, 0) is 0 Å². The first kappa shape index (κ1) is 11.8. The van der Waals surface area contributed by atoms with Crippen LogP contribution in [0.5, 0.6) is 0 Å². The van der Waals surface area contributed by atoms with Gasteiger partial charge in [0.05, 0.1) is 6.42 Å². The summed E-state index contributed by atoms with van der Waals surface area (Å²) in [6.45, 7) is 2.81. The Morgan fingerprint density at radius 3 is 2.25 bits per heavy atom. The molecule has 0 aromatic carbocycles. The van der Waals surface area contributed by atoms with Crippen molar-refractivity contribution in [2.75, 3.05) is 13.1 Å². The molecule has 0 heterocycles. The fraction of sp³-hybridized carbons (Fsp3) is 1.00. The summed E-state index contributed by atoms with van der Waals surface area (Å²) in [4.78, 5) is 0. The lowest BCUT2D eigenvalue weighted by molar-refractivity contribution is -0.133. The summed E-state index contributed by atoms with van der Waals surface area (Å²) in [6.07, 6.45) is -1.59. The first-order valence-corrected chi connectivity index (χ1v) is 4.33. The summed E-state index contributed by atoms with van der Waals surface area (Å²) >= 11 is 0. The normalized spacial score (nSPS) is 12.0. The van der Waals surface area contributed by atoms with Gasteiger partial charge in [-0.2, -0.15) is 13.2 Å². The molecule has 12 heavy (non-hydrogen) atoms. The van der Waals surface area contributed by atoms with E-state index in [2.05, 4.69) is 12.2 Å². The number of alkyl halides is 3. The molecule has 0 spiro atoms. The van der Waals surface area contributed by atoms with E-state index in [9.17, 15) is 13.2 Å². The van der Waals surface area contributed by atoms with Crippen molar-refractivity contribution in [1.29, 1.82) is 0 Å². The van der Waals surface area contributed by atoms with E-state index in [0.29, 0.717) is 6.54 Å². The molecule has 0 aliphatic rings. The standard InChI is InChI=1S/C8H16F3N/c1-2-3-4-6-12-7-5-8(9,10)11/h12H,2-7H2,1H3. The highest BCUT2D eigenvalue weighted by molar-refractivity contribution is 4.54. The van der Waals surface area contributed by atoms with E-state index < -0.39 is 12.6 Å². The zero-order valence-electron chi connectivity index (χ0n) is 7.38. The van der Waals surface area contributed by atoms with E-state index in [4.69, 9.17) is 0 Å². The van der Waals surface area contributed by atoms with Gasteiger partial charge in [0.1, 0.15) is 0 Å². The van der Waals surface area contributed by atoms with Crippen LogP contribution in [0.4, 0.5) is 13.2 Å². The maximum Gasteiger partial charge on any atom is 0.390 e. The summed E-state index contributed by atoms with van der Waals surface area (Å²) in [7, 11) is 0. The average molecular weight is 183 g/mol. The molecule has 0 bridgehead atoms. The molecule has 1 N–H and O–H groups in total. The van der Waals surface area contributed by atoms with Crippen molar-refractivity contribution >= 4 is 0 Å². The second-order valence-corrected chi connectivity index (χ2v) is 2.82. The molecule has 0 amide bonds. The topological polar surface area (TPSA) is 12.0 Å². The minimum atomic E-state index is -4.02. The third-order valence-corrected chi connectivity index (χ3v) is 1.54. The molecule has 0 atom stereocenters. The predicted octanol–water partition coefficient (Wildman–Crippen LogP) is 2.72. The minimum Gasteiger partial charge on any atom is -0.316 e. The maximum absolute atomic E-state index is 11.6. The lowest BCUT2D eigenvalue weighted by atomic mass is 10.2. The number of hydrogen-bond acceptors (Lipinski definition) is 1. The Kier molecular flexibility index (Phi) is 6.16. The third-order valence-electron chi connectivity index (χ3n) is 1.54. The molecule has 0 aromatic heterocycles. The Hall–Kier alpha value is -0.250. The van der Waals surface area contributed by atoms with E-state index in [0.717, 1.165) is 19.3 Å². The molecule has 0 rings (SSSR count). The Bertz CT molecular complexity index is 101. The van der Waals surface area contributed by atoms with Crippen molar-refractivity contribution in [3.8, 4) is 0 Å². The van der Waals surface area contributed by atoms with E-state index in [1.54, 1.807) is 0 Å². The van der Waals surface area contributed by atoms with Gasteiger partial charge in [-0.15, -0.1) is 0 Å². The van der Waals surface area contributed by atoms with Crippen LogP contribution in [-0.4, -0.2) is 19.3 Å². The molecule has 0 saturated carbocycles. The lowest BCUT2D eigenvalue weighted by Crippen LogP contribution is -2.22. The molecule has 0 aliphatic heterocycles. The zero-order valence-corrected chi connectivity index (χ0v) is 7.38. The first-order valence-electron chi connectivity index (χ1n) is 4.33. The van der Waals surface area contributed by atoms with E-state index in [1.165, 1.54) is 0 Å². The molecular formula is C8H16F3N. The van der Waals surface area contributed by atoms with Crippen molar-refractivity contribution in [2.24, 2.45) is 0 Å². The van der Waals surface area contributed by atoms with Gasteiger partial charge in [-0.3, -0.25) is 0 Å². The second kappa shape index (κ2) is 6.29. The van der Waals surface area contributed by atoms with Crippen molar-refractivity contribution in [3.05, 3.63) is 0 Å². The van der Waals surface area contributed by atoms with Gasteiger partial charge in [0, 0.05) is 6.54 Å². The third kappa shape index (κ3) is 9.75. The van der Waals surface area contributed by atoms with Crippen LogP contribution < -0.4 is 5.32 Å². The van der Waals surface area contributed by atoms with Crippen LogP contribution >= 0.6 is 0 Å². The van der Waals surface area contributed by atoms with Crippen LogP contribution in [0.15, 0.2) is 0 Å². The molecule has 4 heteroatoms. The van der Waals surface area contributed by atoms with Crippen molar-refractivity contribution in [3.63, 3.8) is 0 Å². The zero-order chi connectivity index (χ0) is 9.45. The molecule has 0 radical (unpaired) electrons. The highest BCUT2D eigenvalue weighted by atomic mass is 19.4. The molecule has 74 valence electrons. The van der Waals surface area contributed by atoms with Crippen LogP contribution in [0.25, 0.3) is 0 Å². The largest absolute Gasteiger partial charge is 0.390 e. The van der Waals surface area contributed by atoms with Gasteiger partial charge in [0.15, 0.2) is 0 Å². The maximum atomic E-state index is 11.6. The fourth-order valence-electron chi connectivity index (χ4n) is 0.855. The van der Waals surface area contributed by atoms with Gasteiger partial charge < -0.3 is 5.32 Å². The number of halogens is 3. The van der Waals surface area contributed by atoms with E-state index in [-0.39, 0.29) is 6.54 Å². The van der Waals surface area contributed by atoms with Gasteiger partial charge in [-0.05, 0) is 13.0 Å². The molecule has 0 fully saturated rings. The van der Waals surface area contributed by atoms with Crippen LogP contribution in [0.1, 0.15) is 32.6 Å². The van der Waals surface area contributed by atoms with Crippen LogP contribution in [0, 0.1) is 0 Å². The van der Waals surface area contributed by atoms with Gasteiger partial charge in [0.2, 0.25) is 0 Å². The van der Waals surface area contributed by atoms with Gasteiger partial charge >= 0.3 is 6.18 Å². The predicted molar refractivity (Wildman–Crippen MR) is 43.1 cm³/mol. The summed E-state index contributed by atoms with van der Waals surface area (Å²) in [5.41, 5.74) is 0. The smallest absolute Gasteiger partial charge is 0.316 e. The molecular weight excluding hydrogens is 167 g/mol. The average Bonchev–Trinajstić information content (AvgIpc) is 1.94. The van der Waals surface area contributed by atoms with Crippen LogP contribution in [0.2, 0.25) is 0 Å². The Balaban J connectivity index is 3.01. The fourth-order valence-corrected chi connectivity index (χ4v) is 0.855. The van der Waals surface area contributed by atoms with Gasteiger partial charge in [0.25, 0.3) is 0 Å². The number of hydrogen-bond donors (Lipinski definition) is 1. The summed E-state index contributed by atoms with van der Waals surface area (Å²) in [5.74, 6) is 0. The van der Waals surface area contributed by atoms with Gasteiger partial charge in [-0.25, -0.2) is 0 Å². The monoisotopic (exact) mass is 183 g/mol. The second-order valence-electron chi connectivity index (χ2n) is 2.82.